The Morgan fingerprint density at radius 3 is 3.07 bits per heavy atom. The fourth-order valence-corrected chi connectivity index (χ4v) is 1.83. The number of amides is 1. The Bertz CT molecular complexity index is 367. The minimum absolute atomic E-state index is 0.0739. The first-order valence-corrected chi connectivity index (χ1v) is 4.92. The maximum atomic E-state index is 11.6. The van der Waals surface area contributed by atoms with Crippen molar-refractivity contribution in [3.05, 3.63) is 21.9 Å². The van der Waals surface area contributed by atoms with Gasteiger partial charge in [-0.3, -0.25) is 4.79 Å². The van der Waals surface area contributed by atoms with Gasteiger partial charge in [0.1, 0.15) is 10.9 Å². The van der Waals surface area contributed by atoms with E-state index in [-0.39, 0.29) is 19.1 Å². The molecule has 0 saturated heterocycles. The highest BCUT2D eigenvalue weighted by atomic mass is 32.1. The summed E-state index contributed by atoms with van der Waals surface area (Å²) in [5.74, 6) is -0.217. The fourth-order valence-electron chi connectivity index (χ4n) is 0.988. The molecule has 1 rings (SSSR count). The van der Waals surface area contributed by atoms with E-state index in [1.54, 1.807) is 18.5 Å². The van der Waals surface area contributed by atoms with Crippen LogP contribution in [-0.2, 0) is 0 Å². The Kier molecular flexibility index (Phi) is 3.63. The van der Waals surface area contributed by atoms with E-state index >= 15 is 0 Å². The van der Waals surface area contributed by atoms with Crippen molar-refractivity contribution < 1.29 is 9.90 Å². The first-order chi connectivity index (χ1) is 6.70. The van der Waals surface area contributed by atoms with Gasteiger partial charge >= 0.3 is 0 Å². The molecule has 0 bridgehead atoms. The van der Waals surface area contributed by atoms with E-state index in [0.717, 1.165) is 0 Å². The van der Waals surface area contributed by atoms with Crippen molar-refractivity contribution >= 4 is 17.2 Å². The molecule has 74 valence electrons. The van der Waals surface area contributed by atoms with Gasteiger partial charge in [-0.1, -0.05) is 0 Å². The van der Waals surface area contributed by atoms with Gasteiger partial charge < -0.3 is 10.0 Å². The monoisotopic (exact) mass is 210 g/mol. The van der Waals surface area contributed by atoms with Crippen LogP contribution >= 0.6 is 11.3 Å². The van der Waals surface area contributed by atoms with E-state index < -0.39 is 0 Å². The van der Waals surface area contributed by atoms with Gasteiger partial charge in [-0.05, 0) is 11.4 Å². The van der Waals surface area contributed by atoms with Crippen molar-refractivity contribution in [3.8, 4) is 6.07 Å². The summed E-state index contributed by atoms with van der Waals surface area (Å²) in [4.78, 5) is 13.5. The van der Waals surface area contributed by atoms with Gasteiger partial charge in [-0.2, -0.15) is 5.26 Å². The van der Waals surface area contributed by atoms with Crippen molar-refractivity contribution in [1.29, 1.82) is 5.26 Å². The zero-order valence-electron chi connectivity index (χ0n) is 7.73. The molecule has 0 unspecified atom stereocenters. The van der Waals surface area contributed by atoms with Gasteiger partial charge in [-0.15, -0.1) is 11.3 Å². The number of thiophene rings is 1. The Morgan fingerprint density at radius 2 is 2.50 bits per heavy atom. The third-order valence-electron chi connectivity index (χ3n) is 1.76. The first kappa shape index (κ1) is 10.7. The molecule has 4 nitrogen and oxygen atoms in total. The lowest BCUT2D eigenvalue weighted by molar-refractivity contribution is 0.0771. The van der Waals surface area contributed by atoms with Gasteiger partial charge in [0.25, 0.3) is 5.91 Å². The molecule has 1 aromatic heterocycles. The average Bonchev–Trinajstić information content (AvgIpc) is 2.64. The molecule has 0 fully saturated rings. The fraction of sp³-hybridized carbons (Fsp3) is 0.333. The Hall–Kier alpha value is -1.38. The van der Waals surface area contributed by atoms with E-state index in [1.165, 1.54) is 16.2 Å². The maximum Gasteiger partial charge on any atom is 0.265 e. The molecule has 0 aliphatic carbocycles. The third-order valence-corrected chi connectivity index (χ3v) is 2.66. The van der Waals surface area contributed by atoms with Gasteiger partial charge in [0, 0.05) is 13.6 Å². The van der Waals surface area contributed by atoms with Crippen LogP contribution in [0.25, 0.3) is 0 Å². The molecule has 0 radical (unpaired) electrons. The predicted octanol–water partition coefficient (Wildman–Crippen LogP) is 0.684. The van der Waals surface area contributed by atoms with Gasteiger partial charge in [0.2, 0.25) is 0 Å². The quantitative estimate of drug-likeness (QED) is 0.798. The minimum atomic E-state index is -0.217. The van der Waals surface area contributed by atoms with Crippen LogP contribution in [0.5, 0.6) is 0 Å². The van der Waals surface area contributed by atoms with E-state index in [2.05, 4.69) is 0 Å². The summed E-state index contributed by atoms with van der Waals surface area (Å²) in [7, 11) is 1.60. The number of nitriles is 1. The van der Waals surface area contributed by atoms with E-state index in [4.69, 9.17) is 10.4 Å². The second-order valence-corrected chi connectivity index (χ2v) is 3.64. The van der Waals surface area contributed by atoms with Crippen molar-refractivity contribution in [2.24, 2.45) is 0 Å². The second kappa shape index (κ2) is 4.74. The van der Waals surface area contributed by atoms with Crippen LogP contribution in [0.1, 0.15) is 15.2 Å². The van der Waals surface area contributed by atoms with Gasteiger partial charge in [-0.25, -0.2) is 0 Å². The summed E-state index contributed by atoms with van der Waals surface area (Å²) >= 11 is 1.24. The molecule has 1 aromatic rings. The number of nitrogens with zero attached hydrogens (tertiary/aromatic N) is 2. The van der Waals surface area contributed by atoms with E-state index in [0.29, 0.717) is 10.4 Å². The molecular formula is C9H10N2O2S. The van der Waals surface area contributed by atoms with Crippen LogP contribution in [-0.4, -0.2) is 36.1 Å². The summed E-state index contributed by atoms with van der Waals surface area (Å²) in [6.07, 6.45) is 0. The van der Waals surface area contributed by atoms with Crippen molar-refractivity contribution in [3.63, 3.8) is 0 Å². The van der Waals surface area contributed by atoms with Crippen molar-refractivity contribution in [2.45, 2.75) is 0 Å². The zero-order chi connectivity index (χ0) is 10.6. The lowest BCUT2D eigenvalue weighted by Crippen LogP contribution is -2.29. The lowest BCUT2D eigenvalue weighted by Gasteiger charge is -2.14. The van der Waals surface area contributed by atoms with Crippen LogP contribution in [0, 0.1) is 11.3 Å². The van der Waals surface area contributed by atoms with Crippen molar-refractivity contribution in [1.82, 2.24) is 4.90 Å². The number of hydrogen-bond donors (Lipinski definition) is 1. The molecule has 5 heteroatoms. The smallest absolute Gasteiger partial charge is 0.265 e. The molecule has 0 aliphatic heterocycles. The summed E-state index contributed by atoms with van der Waals surface area (Å²) in [6.45, 7) is 0.205. The Morgan fingerprint density at radius 1 is 1.79 bits per heavy atom. The highest BCUT2D eigenvalue weighted by molar-refractivity contribution is 7.12. The number of carbonyl (C=O) groups excluding carboxylic acids is 1. The average molecular weight is 210 g/mol. The number of carbonyl (C=O) groups is 1. The standard InChI is InChI=1S/C9H10N2O2S/c1-11(3-4-12)9(13)8-7(6-10)2-5-14-8/h2,5,12H,3-4H2,1H3. The summed E-state index contributed by atoms with van der Waals surface area (Å²) in [5.41, 5.74) is 0.393. The zero-order valence-corrected chi connectivity index (χ0v) is 8.54. The molecule has 14 heavy (non-hydrogen) atoms. The van der Waals surface area contributed by atoms with Gasteiger partial charge in [0.15, 0.2) is 0 Å². The van der Waals surface area contributed by atoms with Crippen LogP contribution in [0.3, 0.4) is 0 Å². The van der Waals surface area contributed by atoms with Crippen LogP contribution in [0.15, 0.2) is 11.4 Å². The summed E-state index contributed by atoms with van der Waals surface area (Å²) < 4.78 is 0. The first-order valence-electron chi connectivity index (χ1n) is 4.04. The molecular weight excluding hydrogens is 200 g/mol. The molecule has 1 heterocycles. The SMILES string of the molecule is CN(CCO)C(=O)c1sccc1C#N. The minimum Gasteiger partial charge on any atom is -0.395 e. The maximum absolute atomic E-state index is 11.6. The number of aliphatic hydroxyl groups is 1. The summed E-state index contributed by atoms with van der Waals surface area (Å²) in [6, 6.07) is 3.57. The van der Waals surface area contributed by atoms with Crippen LogP contribution in [0.4, 0.5) is 0 Å². The normalized spacial score (nSPS) is 9.50. The van der Waals surface area contributed by atoms with Crippen LogP contribution < -0.4 is 0 Å². The molecule has 0 aliphatic rings. The van der Waals surface area contributed by atoms with E-state index in [1.807, 2.05) is 6.07 Å². The predicted molar refractivity (Wildman–Crippen MR) is 53.1 cm³/mol. The number of aliphatic hydroxyl groups excluding tert-OH is 1. The lowest BCUT2D eigenvalue weighted by atomic mass is 10.2. The molecule has 0 atom stereocenters. The number of likely N-dealkylation sites (N-methyl/N-ethyl adjacent to an activating group) is 1. The van der Waals surface area contributed by atoms with E-state index in [9.17, 15) is 4.79 Å². The van der Waals surface area contributed by atoms with Crippen LogP contribution in [0.2, 0.25) is 0 Å². The third kappa shape index (κ3) is 2.10. The molecule has 0 spiro atoms. The largest absolute Gasteiger partial charge is 0.395 e. The molecule has 1 amide bonds. The highest BCUT2D eigenvalue weighted by Crippen LogP contribution is 2.17. The molecule has 0 saturated carbocycles. The summed E-state index contributed by atoms with van der Waals surface area (Å²) in [5, 5.41) is 19.1. The topological polar surface area (TPSA) is 64.3 Å². The molecule has 0 aromatic carbocycles. The highest BCUT2D eigenvalue weighted by Gasteiger charge is 2.16. The second-order valence-electron chi connectivity index (χ2n) is 2.73. The van der Waals surface area contributed by atoms with Gasteiger partial charge in [0.05, 0.1) is 12.2 Å². The Balaban J connectivity index is 2.85. The van der Waals surface area contributed by atoms with Crippen molar-refractivity contribution in [2.75, 3.05) is 20.2 Å². The molecule has 1 N–H and O–H groups in total. The Labute approximate surface area is 86.0 Å². The number of hydrogen-bond acceptors (Lipinski definition) is 4. The number of rotatable bonds is 3.